The van der Waals surface area contributed by atoms with E-state index in [0.717, 1.165) is 5.56 Å². The normalized spacial score (nSPS) is 18.7. The monoisotopic (exact) mass is 469 g/mol. The molecule has 1 N–H and O–H groups in total. The van der Waals surface area contributed by atoms with Crippen LogP contribution in [0.1, 0.15) is 27.9 Å². The molecule has 32 heavy (non-hydrogen) atoms. The lowest BCUT2D eigenvalue weighted by atomic mass is 9.88. The quantitative estimate of drug-likeness (QED) is 0.546. The van der Waals surface area contributed by atoms with Crippen molar-refractivity contribution in [2.45, 2.75) is 18.6 Å². The van der Waals surface area contributed by atoms with Crippen molar-refractivity contribution in [3.05, 3.63) is 87.4 Å². The van der Waals surface area contributed by atoms with Gasteiger partial charge in [0.2, 0.25) is 6.79 Å². The molecule has 0 bridgehead atoms. The summed E-state index contributed by atoms with van der Waals surface area (Å²) in [6.45, 7) is 0.298. The SMILES string of the molecule is O=C(C[C@]1(O)C(=O)N(Cc2ccc(Cl)cc2)c2ccc(Cl)cc21)c1ccc2c(c1)OCO2. The molecule has 6 nitrogen and oxygen atoms in total. The van der Waals surface area contributed by atoms with E-state index in [4.69, 9.17) is 32.7 Å². The highest BCUT2D eigenvalue weighted by molar-refractivity contribution is 6.31. The van der Waals surface area contributed by atoms with Gasteiger partial charge < -0.3 is 19.5 Å². The first-order valence-corrected chi connectivity index (χ1v) is 10.6. The molecule has 3 aromatic rings. The van der Waals surface area contributed by atoms with Gasteiger partial charge in [0.15, 0.2) is 22.9 Å². The third kappa shape index (κ3) is 3.50. The van der Waals surface area contributed by atoms with Crippen LogP contribution in [0, 0.1) is 0 Å². The minimum Gasteiger partial charge on any atom is -0.454 e. The minimum absolute atomic E-state index is 0.0843. The van der Waals surface area contributed by atoms with Gasteiger partial charge in [0.1, 0.15) is 0 Å². The second-order valence-electron chi connectivity index (χ2n) is 7.71. The number of benzene rings is 3. The van der Waals surface area contributed by atoms with E-state index in [0.29, 0.717) is 38.4 Å². The second-order valence-corrected chi connectivity index (χ2v) is 8.58. The van der Waals surface area contributed by atoms with Gasteiger partial charge in [0, 0.05) is 21.2 Å². The van der Waals surface area contributed by atoms with E-state index >= 15 is 0 Å². The Balaban J connectivity index is 1.48. The number of fused-ring (bicyclic) bond motifs is 2. The molecule has 0 spiro atoms. The first kappa shape index (κ1) is 20.8. The van der Waals surface area contributed by atoms with E-state index in [1.54, 1.807) is 54.6 Å². The molecule has 1 atom stereocenters. The van der Waals surface area contributed by atoms with Crippen LogP contribution in [0.15, 0.2) is 60.7 Å². The van der Waals surface area contributed by atoms with Crippen LogP contribution in [0.25, 0.3) is 0 Å². The van der Waals surface area contributed by atoms with Gasteiger partial charge in [0.25, 0.3) is 5.91 Å². The van der Waals surface area contributed by atoms with E-state index in [2.05, 4.69) is 0 Å². The Morgan fingerprint density at radius 2 is 1.69 bits per heavy atom. The zero-order valence-electron chi connectivity index (χ0n) is 16.7. The summed E-state index contributed by atoms with van der Waals surface area (Å²) >= 11 is 12.1. The van der Waals surface area contributed by atoms with Crippen molar-refractivity contribution in [1.82, 2.24) is 0 Å². The molecule has 0 unspecified atom stereocenters. The molecule has 2 aliphatic heterocycles. The van der Waals surface area contributed by atoms with Crippen LogP contribution >= 0.6 is 23.2 Å². The number of carbonyl (C=O) groups is 2. The number of halogens is 2. The summed E-state index contributed by atoms with van der Waals surface area (Å²) < 4.78 is 10.6. The van der Waals surface area contributed by atoms with Crippen molar-refractivity contribution < 1.29 is 24.2 Å². The smallest absolute Gasteiger partial charge is 0.264 e. The third-order valence-corrected chi connectivity index (χ3v) is 6.15. The molecule has 0 radical (unpaired) electrons. The van der Waals surface area contributed by atoms with E-state index in [9.17, 15) is 14.7 Å². The average Bonchev–Trinajstić information content (AvgIpc) is 3.32. The lowest BCUT2D eigenvalue weighted by Crippen LogP contribution is -2.41. The molecule has 0 saturated heterocycles. The molecule has 3 aromatic carbocycles. The highest BCUT2D eigenvalue weighted by Crippen LogP contribution is 2.45. The summed E-state index contributed by atoms with van der Waals surface area (Å²) in [5.74, 6) is 0.00842. The van der Waals surface area contributed by atoms with Crippen LogP contribution in [0.3, 0.4) is 0 Å². The maximum absolute atomic E-state index is 13.4. The fraction of sp³-hybridized carbons (Fsp3) is 0.167. The standard InChI is InChI=1S/C24H17Cl2NO5/c25-16-4-1-14(2-5-16)12-27-19-7-6-17(26)10-18(19)24(30,23(27)29)11-20(28)15-3-8-21-22(9-15)32-13-31-21/h1-10,30H,11-13H2/t24-/m1/s1. The molecule has 0 aromatic heterocycles. The van der Waals surface area contributed by atoms with Gasteiger partial charge in [0.05, 0.1) is 18.7 Å². The maximum atomic E-state index is 13.4. The Kier molecular flexibility index (Phi) is 5.08. The van der Waals surface area contributed by atoms with Crippen LogP contribution in [-0.2, 0) is 16.9 Å². The molecule has 162 valence electrons. The Morgan fingerprint density at radius 3 is 2.47 bits per heavy atom. The van der Waals surface area contributed by atoms with Gasteiger partial charge >= 0.3 is 0 Å². The number of hydrogen-bond donors (Lipinski definition) is 1. The Bertz CT molecular complexity index is 1240. The maximum Gasteiger partial charge on any atom is 0.264 e. The van der Waals surface area contributed by atoms with Gasteiger partial charge in [-0.15, -0.1) is 0 Å². The number of nitrogens with zero attached hydrogens (tertiary/aromatic N) is 1. The number of amides is 1. The molecule has 5 rings (SSSR count). The molecular formula is C24H17Cl2NO5. The van der Waals surface area contributed by atoms with Crippen LogP contribution in [0.4, 0.5) is 5.69 Å². The molecular weight excluding hydrogens is 453 g/mol. The average molecular weight is 470 g/mol. The first-order chi connectivity index (χ1) is 15.3. The van der Waals surface area contributed by atoms with Crippen LogP contribution < -0.4 is 14.4 Å². The van der Waals surface area contributed by atoms with E-state index < -0.39 is 23.7 Å². The molecule has 0 aliphatic carbocycles. The number of ether oxygens (including phenoxy) is 2. The van der Waals surface area contributed by atoms with Gasteiger partial charge in [-0.1, -0.05) is 35.3 Å². The Labute approximate surface area is 193 Å². The summed E-state index contributed by atoms with van der Waals surface area (Å²) in [6, 6.07) is 16.7. The summed E-state index contributed by atoms with van der Waals surface area (Å²) in [5, 5.41) is 12.4. The zero-order valence-corrected chi connectivity index (χ0v) is 18.2. The van der Waals surface area contributed by atoms with Crippen molar-refractivity contribution in [2.75, 3.05) is 11.7 Å². The van der Waals surface area contributed by atoms with E-state index in [1.807, 2.05) is 0 Å². The van der Waals surface area contributed by atoms with Gasteiger partial charge in [-0.05, 0) is 54.1 Å². The van der Waals surface area contributed by atoms with Crippen LogP contribution in [0.5, 0.6) is 11.5 Å². The van der Waals surface area contributed by atoms with Crippen molar-refractivity contribution in [3.63, 3.8) is 0 Å². The van der Waals surface area contributed by atoms with E-state index in [-0.39, 0.29) is 13.3 Å². The molecule has 8 heteroatoms. The third-order valence-electron chi connectivity index (χ3n) is 5.66. The van der Waals surface area contributed by atoms with Crippen LogP contribution in [0.2, 0.25) is 10.0 Å². The summed E-state index contributed by atoms with van der Waals surface area (Å²) in [5.41, 5.74) is -0.0845. The largest absolute Gasteiger partial charge is 0.454 e. The van der Waals surface area contributed by atoms with Crippen LogP contribution in [-0.4, -0.2) is 23.6 Å². The van der Waals surface area contributed by atoms with Crippen molar-refractivity contribution in [1.29, 1.82) is 0 Å². The topological polar surface area (TPSA) is 76.1 Å². The Hall–Kier alpha value is -3.06. The number of anilines is 1. The zero-order chi connectivity index (χ0) is 22.5. The number of Topliss-reactive ketones (excluding diaryl/α,β-unsaturated/α-hetero) is 1. The van der Waals surface area contributed by atoms with Gasteiger partial charge in [-0.2, -0.15) is 0 Å². The molecule has 2 heterocycles. The minimum atomic E-state index is -2.04. The predicted octanol–water partition coefficient (Wildman–Crippen LogP) is 4.73. The van der Waals surface area contributed by atoms with E-state index in [1.165, 1.54) is 11.0 Å². The summed E-state index contributed by atoms with van der Waals surface area (Å²) in [6.07, 6.45) is -0.435. The van der Waals surface area contributed by atoms with Crippen molar-refractivity contribution in [3.8, 4) is 11.5 Å². The number of aliphatic hydroxyl groups is 1. The fourth-order valence-electron chi connectivity index (χ4n) is 4.03. The number of ketones is 1. The van der Waals surface area contributed by atoms with Crippen molar-refractivity contribution in [2.24, 2.45) is 0 Å². The lowest BCUT2D eigenvalue weighted by molar-refractivity contribution is -0.136. The Morgan fingerprint density at radius 1 is 0.969 bits per heavy atom. The van der Waals surface area contributed by atoms with Gasteiger partial charge in [-0.25, -0.2) is 0 Å². The number of hydrogen-bond acceptors (Lipinski definition) is 5. The summed E-state index contributed by atoms with van der Waals surface area (Å²) in [7, 11) is 0. The van der Waals surface area contributed by atoms with Crippen molar-refractivity contribution >= 4 is 40.6 Å². The summed E-state index contributed by atoms with van der Waals surface area (Å²) in [4.78, 5) is 28.0. The molecule has 1 amide bonds. The highest BCUT2D eigenvalue weighted by atomic mass is 35.5. The molecule has 0 saturated carbocycles. The first-order valence-electron chi connectivity index (χ1n) is 9.87. The second kappa shape index (κ2) is 7.81. The predicted molar refractivity (Wildman–Crippen MR) is 120 cm³/mol. The lowest BCUT2D eigenvalue weighted by Gasteiger charge is -2.23. The van der Waals surface area contributed by atoms with Gasteiger partial charge in [-0.3, -0.25) is 9.59 Å². The molecule has 0 fully saturated rings. The number of rotatable bonds is 5. The number of carbonyl (C=O) groups excluding carboxylic acids is 2. The molecule has 2 aliphatic rings. The fourth-order valence-corrected chi connectivity index (χ4v) is 4.33. The highest BCUT2D eigenvalue weighted by Gasteiger charge is 2.51.